The van der Waals surface area contributed by atoms with Gasteiger partial charge in [0.2, 0.25) is 0 Å². The summed E-state index contributed by atoms with van der Waals surface area (Å²) in [5.74, 6) is 0. The van der Waals surface area contributed by atoms with Crippen molar-refractivity contribution in [2.75, 3.05) is 4.72 Å². The molecule has 4 rings (SSSR count). The number of halogens is 2. The molecule has 0 amide bonds. The average molecular weight is 450 g/mol. The van der Waals surface area contributed by atoms with Crippen LogP contribution in [0, 0.1) is 0 Å². The van der Waals surface area contributed by atoms with Gasteiger partial charge in [0, 0.05) is 26.6 Å². The van der Waals surface area contributed by atoms with E-state index in [1.165, 1.54) is 11.9 Å². The second kappa shape index (κ2) is 9.40. The summed E-state index contributed by atoms with van der Waals surface area (Å²) in [4.78, 5) is 12.5. The zero-order valence-corrected chi connectivity index (χ0v) is 18.1. The Labute approximate surface area is 190 Å². The monoisotopic (exact) mass is 449 g/mol. The van der Waals surface area contributed by atoms with E-state index in [1.807, 2.05) is 84.9 Å². The highest BCUT2D eigenvalue weighted by atomic mass is 35.5. The lowest BCUT2D eigenvalue weighted by molar-refractivity contribution is 0.112. The first-order valence-electron chi connectivity index (χ1n) is 9.27. The minimum atomic E-state index is 0.576. The molecule has 5 heteroatoms. The second-order valence-electron chi connectivity index (χ2n) is 6.62. The molecule has 0 radical (unpaired) electrons. The molecule has 148 valence electrons. The van der Waals surface area contributed by atoms with E-state index in [1.54, 1.807) is 6.07 Å². The van der Waals surface area contributed by atoms with Crippen molar-refractivity contribution in [2.45, 2.75) is 4.90 Å². The molecule has 0 aromatic heterocycles. The van der Waals surface area contributed by atoms with Crippen LogP contribution in [0.2, 0.25) is 10.0 Å². The number of hydrogen-bond donors (Lipinski definition) is 1. The van der Waals surface area contributed by atoms with Crippen molar-refractivity contribution < 1.29 is 4.79 Å². The van der Waals surface area contributed by atoms with E-state index < -0.39 is 0 Å². The third kappa shape index (κ3) is 4.54. The third-order valence-electron chi connectivity index (χ3n) is 4.62. The Morgan fingerprint density at radius 3 is 1.80 bits per heavy atom. The van der Waals surface area contributed by atoms with E-state index in [4.69, 9.17) is 23.2 Å². The van der Waals surface area contributed by atoms with Gasteiger partial charge in [0.05, 0.1) is 10.7 Å². The highest BCUT2D eigenvalue weighted by Gasteiger charge is 2.15. The Hall–Kier alpha value is -2.72. The molecule has 0 saturated heterocycles. The molecule has 0 aliphatic carbocycles. The van der Waals surface area contributed by atoms with E-state index in [0.717, 1.165) is 39.1 Å². The first-order chi connectivity index (χ1) is 14.7. The van der Waals surface area contributed by atoms with Crippen LogP contribution in [-0.4, -0.2) is 6.29 Å². The summed E-state index contributed by atoms with van der Waals surface area (Å²) in [5, 5.41) is 1.17. The standard InChI is InChI=1S/C25H17Cl2NOS/c26-20-11-12-24(23(27)15-20)30-28-25-21(18-7-3-1-4-8-18)13-17(16-29)14-22(25)19-9-5-2-6-10-19/h1-16,28H. The van der Waals surface area contributed by atoms with Crippen molar-refractivity contribution in [2.24, 2.45) is 0 Å². The fraction of sp³-hybridized carbons (Fsp3) is 0. The zero-order chi connectivity index (χ0) is 20.9. The number of rotatable bonds is 6. The molecule has 0 unspecified atom stereocenters. The van der Waals surface area contributed by atoms with E-state index in [2.05, 4.69) is 4.72 Å². The van der Waals surface area contributed by atoms with E-state index in [-0.39, 0.29) is 0 Å². The summed E-state index contributed by atoms with van der Waals surface area (Å²) in [5.41, 5.74) is 5.45. The molecule has 0 fully saturated rings. The van der Waals surface area contributed by atoms with Gasteiger partial charge >= 0.3 is 0 Å². The maximum absolute atomic E-state index is 11.7. The Balaban J connectivity index is 1.86. The molecule has 1 N–H and O–H groups in total. The molecular weight excluding hydrogens is 433 g/mol. The lowest BCUT2D eigenvalue weighted by Gasteiger charge is -2.18. The van der Waals surface area contributed by atoms with Crippen LogP contribution in [0.3, 0.4) is 0 Å². The highest BCUT2D eigenvalue weighted by Crippen LogP contribution is 2.41. The van der Waals surface area contributed by atoms with E-state index in [0.29, 0.717) is 15.6 Å². The lowest BCUT2D eigenvalue weighted by Crippen LogP contribution is -1.97. The maximum Gasteiger partial charge on any atom is 0.150 e. The van der Waals surface area contributed by atoms with Crippen LogP contribution in [-0.2, 0) is 0 Å². The molecule has 4 aromatic carbocycles. The normalized spacial score (nSPS) is 10.6. The third-order valence-corrected chi connectivity index (χ3v) is 6.17. The topological polar surface area (TPSA) is 29.1 Å². The van der Waals surface area contributed by atoms with Crippen LogP contribution in [0.4, 0.5) is 5.69 Å². The van der Waals surface area contributed by atoms with Gasteiger partial charge in [-0.15, -0.1) is 0 Å². The summed E-state index contributed by atoms with van der Waals surface area (Å²) in [7, 11) is 0. The molecule has 0 aliphatic heterocycles. The number of carbonyl (C=O) groups is 1. The summed E-state index contributed by atoms with van der Waals surface area (Å²) >= 11 is 13.8. The van der Waals surface area contributed by atoms with Crippen LogP contribution < -0.4 is 4.72 Å². The quantitative estimate of drug-likeness (QED) is 0.237. The second-order valence-corrected chi connectivity index (χ2v) is 8.31. The number of nitrogens with one attached hydrogen (secondary N) is 1. The fourth-order valence-corrected chi connectivity index (χ4v) is 4.45. The number of hydrogen-bond acceptors (Lipinski definition) is 3. The van der Waals surface area contributed by atoms with Crippen molar-refractivity contribution in [1.82, 2.24) is 0 Å². The van der Waals surface area contributed by atoms with Crippen molar-refractivity contribution in [3.05, 3.63) is 107 Å². The number of anilines is 1. The fourth-order valence-electron chi connectivity index (χ4n) is 3.20. The molecule has 0 spiro atoms. The molecule has 0 saturated carbocycles. The first-order valence-corrected chi connectivity index (χ1v) is 10.8. The summed E-state index contributed by atoms with van der Waals surface area (Å²) in [6.45, 7) is 0. The number of aldehydes is 1. The van der Waals surface area contributed by atoms with Crippen LogP contribution >= 0.6 is 35.1 Å². The van der Waals surface area contributed by atoms with Gasteiger partial charge in [-0.1, -0.05) is 83.9 Å². The van der Waals surface area contributed by atoms with Crippen LogP contribution in [0.5, 0.6) is 0 Å². The number of carbonyl (C=O) groups excluding carboxylic acids is 1. The molecule has 0 heterocycles. The molecule has 0 bridgehead atoms. The summed E-state index contributed by atoms with van der Waals surface area (Å²) in [6.07, 6.45) is 0.881. The molecular formula is C25H17Cl2NOS. The molecule has 0 aliphatic rings. The van der Waals surface area contributed by atoms with Crippen molar-refractivity contribution in [3.8, 4) is 22.3 Å². The summed E-state index contributed by atoms with van der Waals surface area (Å²) in [6, 6.07) is 29.2. The Bertz CT molecular complexity index is 1120. The van der Waals surface area contributed by atoms with Crippen molar-refractivity contribution in [1.29, 1.82) is 0 Å². The van der Waals surface area contributed by atoms with Gasteiger partial charge in [0.15, 0.2) is 0 Å². The SMILES string of the molecule is O=Cc1cc(-c2ccccc2)c(NSc2ccc(Cl)cc2Cl)c(-c2ccccc2)c1. The van der Waals surface area contributed by atoms with Crippen LogP contribution in [0.1, 0.15) is 10.4 Å². The molecule has 0 atom stereocenters. The molecule has 4 aromatic rings. The van der Waals surface area contributed by atoms with Gasteiger partial charge in [-0.3, -0.25) is 4.79 Å². The van der Waals surface area contributed by atoms with Crippen LogP contribution in [0.25, 0.3) is 22.3 Å². The summed E-state index contributed by atoms with van der Waals surface area (Å²) < 4.78 is 3.48. The van der Waals surface area contributed by atoms with Gasteiger partial charge in [-0.2, -0.15) is 0 Å². The zero-order valence-electron chi connectivity index (χ0n) is 15.8. The molecule has 2 nitrogen and oxygen atoms in total. The van der Waals surface area contributed by atoms with Gasteiger partial charge in [0.25, 0.3) is 0 Å². The molecule has 30 heavy (non-hydrogen) atoms. The first kappa shape index (κ1) is 20.5. The van der Waals surface area contributed by atoms with Crippen LogP contribution in [0.15, 0.2) is 95.9 Å². The van der Waals surface area contributed by atoms with Crippen molar-refractivity contribution >= 4 is 47.1 Å². The average Bonchev–Trinajstić information content (AvgIpc) is 2.79. The Morgan fingerprint density at radius 2 is 1.30 bits per heavy atom. The predicted octanol–water partition coefficient (Wildman–Crippen LogP) is 8.26. The highest BCUT2D eigenvalue weighted by molar-refractivity contribution is 8.00. The smallest absolute Gasteiger partial charge is 0.150 e. The van der Waals surface area contributed by atoms with E-state index in [9.17, 15) is 4.79 Å². The maximum atomic E-state index is 11.7. The van der Waals surface area contributed by atoms with Gasteiger partial charge in [0.1, 0.15) is 6.29 Å². The lowest BCUT2D eigenvalue weighted by atomic mass is 9.94. The van der Waals surface area contributed by atoms with Crippen molar-refractivity contribution in [3.63, 3.8) is 0 Å². The Kier molecular flexibility index (Phi) is 6.44. The Morgan fingerprint density at radius 1 is 0.733 bits per heavy atom. The number of benzene rings is 4. The van der Waals surface area contributed by atoms with Gasteiger partial charge in [-0.05, 0) is 53.4 Å². The minimum absolute atomic E-state index is 0.576. The largest absolute Gasteiger partial charge is 0.324 e. The van der Waals surface area contributed by atoms with Gasteiger partial charge in [-0.25, -0.2) is 0 Å². The predicted molar refractivity (Wildman–Crippen MR) is 129 cm³/mol. The van der Waals surface area contributed by atoms with E-state index >= 15 is 0 Å². The van der Waals surface area contributed by atoms with Gasteiger partial charge < -0.3 is 4.72 Å². The minimum Gasteiger partial charge on any atom is -0.324 e.